The van der Waals surface area contributed by atoms with Crippen molar-refractivity contribution in [3.63, 3.8) is 0 Å². The van der Waals surface area contributed by atoms with E-state index >= 15 is 0 Å². The number of methoxy groups -OCH3 is 1. The molecular weight excluding hydrogens is 220 g/mol. The molecule has 1 rings (SSSR count). The Balaban J connectivity index is 2.56. The lowest BCUT2D eigenvalue weighted by Gasteiger charge is -2.09. The molecule has 16 heavy (non-hydrogen) atoms. The number of nitrogens with one attached hydrogen (secondary N) is 1. The van der Waals surface area contributed by atoms with E-state index in [1.807, 2.05) is 19.1 Å². The topological polar surface area (TPSA) is 47.3 Å². The molecule has 3 nitrogen and oxygen atoms in total. The van der Waals surface area contributed by atoms with Crippen molar-refractivity contribution in [2.24, 2.45) is 5.73 Å². The van der Waals surface area contributed by atoms with E-state index in [9.17, 15) is 0 Å². The summed E-state index contributed by atoms with van der Waals surface area (Å²) in [6.45, 7) is 3.69. The first-order chi connectivity index (χ1) is 7.65. The molecule has 0 bridgehead atoms. The van der Waals surface area contributed by atoms with E-state index in [0.29, 0.717) is 4.99 Å². The molecule has 0 radical (unpaired) electrons. The summed E-state index contributed by atoms with van der Waals surface area (Å²) in [6, 6.07) is 6.01. The van der Waals surface area contributed by atoms with Crippen molar-refractivity contribution >= 4 is 22.9 Å². The molecule has 0 aromatic heterocycles. The van der Waals surface area contributed by atoms with Crippen molar-refractivity contribution in [2.75, 3.05) is 25.6 Å². The second-order valence-electron chi connectivity index (χ2n) is 3.67. The standard InChI is InChI=1S/C12H18N2OS/c1-9-8-10(14-6-3-7-15-2)4-5-11(9)12(13)16/h4-5,8,14H,3,6-7H2,1-2H3,(H2,13,16). The van der Waals surface area contributed by atoms with Crippen LogP contribution in [0.5, 0.6) is 0 Å². The number of nitrogens with two attached hydrogens (primary N) is 1. The summed E-state index contributed by atoms with van der Waals surface area (Å²) in [6.07, 6.45) is 0.993. The quantitative estimate of drug-likeness (QED) is 0.588. The smallest absolute Gasteiger partial charge is 0.104 e. The Morgan fingerprint density at radius 2 is 2.25 bits per heavy atom. The predicted octanol–water partition coefficient (Wildman–Crippen LogP) is 2.08. The monoisotopic (exact) mass is 238 g/mol. The summed E-state index contributed by atoms with van der Waals surface area (Å²) in [7, 11) is 1.71. The number of hydrogen-bond acceptors (Lipinski definition) is 3. The van der Waals surface area contributed by atoms with Gasteiger partial charge >= 0.3 is 0 Å². The molecule has 0 saturated carbocycles. The molecule has 0 aliphatic rings. The summed E-state index contributed by atoms with van der Waals surface area (Å²) in [5.74, 6) is 0. The van der Waals surface area contributed by atoms with Gasteiger partial charge in [0.05, 0.1) is 0 Å². The zero-order chi connectivity index (χ0) is 12.0. The van der Waals surface area contributed by atoms with Crippen LogP contribution in [0.1, 0.15) is 17.5 Å². The van der Waals surface area contributed by atoms with Crippen molar-refractivity contribution < 1.29 is 4.74 Å². The Bertz CT molecular complexity index is 366. The van der Waals surface area contributed by atoms with Gasteiger partial charge in [-0.15, -0.1) is 0 Å². The van der Waals surface area contributed by atoms with Gasteiger partial charge < -0.3 is 15.8 Å². The van der Waals surface area contributed by atoms with Crippen LogP contribution in [0.2, 0.25) is 0 Å². The van der Waals surface area contributed by atoms with Gasteiger partial charge in [0, 0.05) is 31.5 Å². The Labute approximate surface area is 102 Å². The minimum Gasteiger partial charge on any atom is -0.389 e. The molecule has 1 aromatic rings. The maximum Gasteiger partial charge on any atom is 0.104 e. The number of benzene rings is 1. The van der Waals surface area contributed by atoms with Crippen molar-refractivity contribution in [1.82, 2.24) is 0 Å². The molecule has 0 amide bonds. The van der Waals surface area contributed by atoms with E-state index in [1.165, 1.54) is 0 Å². The van der Waals surface area contributed by atoms with E-state index in [1.54, 1.807) is 7.11 Å². The summed E-state index contributed by atoms with van der Waals surface area (Å²) in [4.78, 5) is 0.448. The molecule has 0 saturated heterocycles. The molecule has 1 aromatic carbocycles. The largest absolute Gasteiger partial charge is 0.389 e. The molecule has 0 fully saturated rings. The number of ether oxygens (including phenoxy) is 1. The normalized spacial score (nSPS) is 10.1. The third-order valence-electron chi connectivity index (χ3n) is 2.35. The maximum absolute atomic E-state index is 5.60. The Morgan fingerprint density at radius 1 is 1.50 bits per heavy atom. The Morgan fingerprint density at radius 3 is 2.81 bits per heavy atom. The molecule has 0 spiro atoms. The fraction of sp³-hybridized carbons (Fsp3) is 0.417. The second kappa shape index (κ2) is 6.45. The Kier molecular flexibility index (Phi) is 5.22. The first-order valence-electron chi connectivity index (χ1n) is 5.28. The number of anilines is 1. The van der Waals surface area contributed by atoms with E-state index in [2.05, 4.69) is 11.4 Å². The summed E-state index contributed by atoms with van der Waals surface area (Å²) < 4.78 is 4.98. The van der Waals surface area contributed by atoms with Crippen LogP contribution in [0.15, 0.2) is 18.2 Å². The van der Waals surface area contributed by atoms with Gasteiger partial charge in [0.2, 0.25) is 0 Å². The third-order valence-corrected chi connectivity index (χ3v) is 2.57. The van der Waals surface area contributed by atoms with Crippen LogP contribution in [-0.4, -0.2) is 25.2 Å². The van der Waals surface area contributed by atoms with Gasteiger partial charge in [0.1, 0.15) is 4.99 Å². The van der Waals surface area contributed by atoms with Crippen LogP contribution in [-0.2, 0) is 4.74 Å². The van der Waals surface area contributed by atoms with Crippen molar-refractivity contribution in [3.05, 3.63) is 29.3 Å². The van der Waals surface area contributed by atoms with Gasteiger partial charge in [-0.25, -0.2) is 0 Å². The average molecular weight is 238 g/mol. The number of aryl methyl sites for hydroxylation is 1. The maximum atomic E-state index is 5.60. The minimum atomic E-state index is 0.448. The lowest BCUT2D eigenvalue weighted by Crippen LogP contribution is -2.11. The van der Waals surface area contributed by atoms with Gasteiger partial charge in [-0.2, -0.15) is 0 Å². The molecule has 0 heterocycles. The molecular formula is C12H18N2OS. The highest BCUT2D eigenvalue weighted by atomic mass is 32.1. The zero-order valence-electron chi connectivity index (χ0n) is 9.75. The van der Waals surface area contributed by atoms with E-state index in [-0.39, 0.29) is 0 Å². The highest BCUT2D eigenvalue weighted by Gasteiger charge is 2.01. The average Bonchev–Trinajstić information content (AvgIpc) is 2.24. The van der Waals surface area contributed by atoms with Gasteiger partial charge in [0.15, 0.2) is 0 Å². The highest BCUT2D eigenvalue weighted by molar-refractivity contribution is 7.80. The molecule has 0 atom stereocenters. The predicted molar refractivity (Wildman–Crippen MR) is 72.0 cm³/mol. The minimum absolute atomic E-state index is 0.448. The number of rotatable bonds is 6. The summed E-state index contributed by atoms with van der Waals surface area (Å²) in [5, 5.41) is 3.32. The summed E-state index contributed by atoms with van der Waals surface area (Å²) >= 11 is 4.96. The first kappa shape index (κ1) is 12.9. The fourth-order valence-electron chi connectivity index (χ4n) is 1.50. The van der Waals surface area contributed by atoms with Crippen LogP contribution in [0.25, 0.3) is 0 Å². The molecule has 3 N–H and O–H groups in total. The van der Waals surface area contributed by atoms with Gasteiger partial charge in [-0.1, -0.05) is 12.2 Å². The number of hydrogen-bond donors (Lipinski definition) is 2. The third kappa shape index (κ3) is 3.79. The highest BCUT2D eigenvalue weighted by Crippen LogP contribution is 2.15. The summed E-state index contributed by atoms with van der Waals surface area (Å²) in [5.41, 5.74) is 8.73. The van der Waals surface area contributed by atoms with Crippen molar-refractivity contribution in [2.45, 2.75) is 13.3 Å². The van der Waals surface area contributed by atoms with Crippen molar-refractivity contribution in [1.29, 1.82) is 0 Å². The lowest BCUT2D eigenvalue weighted by atomic mass is 10.1. The molecule has 0 unspecified atom stereocenters. The molecule has 4 heteroatoms. The van der Waals surface area contributed by atoms with Crippen LogP contribution >= 0.6 is 12.2 Å². The SMILES string of the molecule is COCCCNc1ccc(C(N)=S)c(C)c1. The Hall–Kier alpha value is -1.13. The van der Waals surface area contributed by atoms with Crippen LogP contribution < -0.4 is 11.1 Å². The lowest BCUT2D eigenvalue weighted by molar-refractivity contribution is 0.198. The van der Waals surface area contributed by atoms with Gasteiger partial charge in [-0.3, -0.25) is 0 Å². The van der Waals surface area contributed by atoms with E-state index < -0.39 is 0 Å². The van der Waals surface area contributed by atoms with E-state index in [0.717, 1.165) is 36.4 Å². The van der Waals surface area contributed by atoms with Crippen molar-refractivity contribution in [3.8, 4) is 0 Å². The van der Waals surface area contributed by atoms with Crippen LogP contribution in [0.3, 0.4) is 0 Å². The second-order valence-corrected chi connectivity index (χ2v) is 4.11. The van der Waals surface area contributed by atoms with E-state index in [4.69, 9.17) is 22.7 Å². The fourth-order valence-corrected chi connectivity index (χ4v) is 1.73. The first-order valence-corrected chi connectivity index (χ1v) is 5.69. The van der Waals surface area contributed by atoms with Gasteiger partial charge in [0.25, 0.3) is 0 Å². The molecule has 0 aliphatic heterocycles. The van der Waals surface area contributed by atoms with Crippen LogP contribution in [0.4, 0.5) is 5.69 Å². The molecule has 88 valence electrons. The van der Waals surface area contributed by atoms with Crippen LogP contribution in [0, 0.1) is 6.92 Å². The molecule has 0 aliphatic carbocycles. The van der Waals surface area contributed by atoms with Gasteiger partial charge in [-0.05, 0) is 37.1 Å². The zero-order valence-corrected chi connectivity index (χ0v) is 10.6. The number of thiocarbonyl (C=S) groups is 1.